The molecule has 0 spiro atoms. The van der Waals surface area contributed by atoms with Crippen molar-refractivity contribution in [3.63, 3.8) is 0 Å². The molecule has 0 heterocycles. The molecule has 1 N–H and O–H groups in total. The van der Waals surface area contributed by atoms with E-state index in [1.54, 1.807) is 43.1 Å². The van der Waals surface area contributed by atoms with Gasteiger partial charge in [-0.05, 0) is 42.2 Å². The fourth-order valence-electron chi connectivity index (χ4n) is 1.79. The van der Waals surface area contributed by atoms with Gasteiger partial charge in [0.25, 0.3) is 5.91 Å². The number of rotatable bonds is 5. The molecule has 0 aliphatic rings. The molecular formula is C16H17NO2S. The molecule has 1 amide bonds. The second-order valence-corrected chi connectivity index (χ2v) is 5.42. The topological polar surface area (TPSA) is 38.3 Å². The van der Waals surface area contributed by atoms with E-state index in [1.165, 1.54) is 0 Å². The van der Waals surface area contributed by atoms with Gasteiger partial charge in [-0.2, -0.15) is 0 Å². The Hall–Kier alpha value is -1.94. The quantitative estimate of drug-likeness (QED) is 0.843. The number of thioether (sulfide) groups is 1. The van der Waals surface area contributed by atoms with Gasteiger partial charge in [0, 0.05) is 10.5 Å². The van der Waals surface area contributed by atoms with Crippen LogP contribution in [0.5, 0.6) is 5.75 Å². The molecule has 0 bridgehead atoms. The predicted octanol–water partition coefficient (Wildman–Crippen LogP) is 4.06. The summed E-state index contributed by atoms with van der Waals surface area (Å²) in [4.78, 5) is 13.3. The highest BCUT2D eigenvalue weighted by Gasteiger charge is 2.09. The van der Waals surface area contributed by atoms with Crippen molar-refractivity contribution in [2.75, 3.05) is 18.2 Å². The third-order valence-electron chi connectivity index (χ3n) is 2.79. The molecule has 2 rings (SSSR count). The Bertz CT molecular complexity index is 581. The Morgan fingerprint density at radius 3 is 2.50 bits per heavy atom. The fourth-order valence-corrected chi connectivity index (χ4v) is 2.55. The number of ether oxygens (including phenoxy) is 1. The van der Waals surface area contributed by atoms with Crippen LogP contribution in [0.15, 0.2) is 53.4 Å². The van der Waals surface area contributed by atoms with Crippen molar-refractivity contribution in [3.8, 4) is 5.75 Å². The normalized spacial score (nSPS) is 10.1. The van der Waals surface area contributed by atoms with Crippen LogP contribution in [0.1, 0.15) is 17.3 Å². The largest absolute Gasteiger partial charge is 0.497 e. The molecule has 0 fully saturated rings. The van der Waals surface area contributed by atoms with E-state index >= 15 is 0 Å². The standard InChI is InChI=1S/C16H17NO2S/c1-3-20-15-7-5-4-6-14(15)17-16(18)12-8-10-13(19-2)11-9-12/h4-11H,3H2,1-2H3,(H,17,18). The molecule has 104 valence electrons. The zero-order valence-corrected chi connectivity index (χ0v) is 12.4. The highest BCUT2D eigenvalue weighted by atomic mass is 32.2. The van der Waals surface area contributed by atoms with Crippen molar-refractivity contribution in [2.24, 2.45) is 0 Å². The Balaban J connectivity index is 2.14. The Labute approximate surface area is 123 Å². The molecule has 2 aromatic carbocycles. The van der Waals surface area contributed by atoms with Crippen LogP contribution in [0.2, 0.25) is 0 Å². The Morgan fingerprint density at radius 1 is 1.15 bits per heavy atom. The van der Waals surface area contributed by atoms with Crippen molar-refractivity contribution >= 4 is 23.4 Å². The minimum atomic E-state index is -0.114. The summed E-state index contributed by atoms with van der Waals surface area (Å²) in [6, 6.07) is 14.9. The van der Waals surface area contributed by atoms with Gasteiger partial charge < -0.3 is 10.1 Å². The predicted molar refractivity (Wildman–Crippen MR) is 83.8 cm³/mol. The minimum Gasteiger partial charge on any atom is -0.497 e. The molecule has 3 nitrogen and oxygen atoms in total. The first-order valence-corrected chi connectivity index (χ1v) is 7.40. The van der Waals surface area contributed by atoms with E-state index in [2.05, 4.69) is 12.2 Å². The number of carbonyl (C=O) groups is 1. The lowest BCUT2D eigenvalue weighted by Crippen LogP contribution is -2.12. The van der Waals surface area contributed by atoms with Crippen LogP contribution < -0.4 is 10.1 Å². The summed E-state index contributed by atoms with van der Waals surface area (Å²) in [7, 11) is 1.60. The highest BCUT2D eigenvalue weighted by molar-refractivity contribution is 7.99. The van der Waals surface area contributed by atoms with Gasteiger partial charge in [-0.25, -0.2) is 0 Å². The van der Waals surface area contributed by atoms with Gasteiger partial charge in [-0.15, -0.1) is 11.8 Å². The molecule has 0 aliphatic carbocycles. The van der Waals surface area contributed by atoms with Crippen molar-refractivity contribution in [2.45, 2.75) is 11.8 Å². The van der Waals surface area contributed by atoms with Crippen molar-refractivity contribution in [1.82, 2.24) is 0 Å². The number of amides is 1. The number of nitrogens with one attached hydrogen (secondary N) is 1. The second-order valence-electron chi connectivity index (χ2n) is 4.11. The SMILES string of the molecule is CCSc1ccccc1NC(=O)c1ccc(OC)cc1. The molecule has 0 unspecified atom stereocenters. The third kappa shape index (κ3) is 3.54. The van der Waals surface area contributed by atoms with Crippen molar-refractivity contribution in [1.29, 1.82) is 0 Å². The molecular weight excluding hydrogens is 270 g/mol. The average molecular weight is 287 g/mol. The Morgan fingerprint density at radius 2 is 1.85 bits per heavy atom. The maximum atomic E-state index is 12.2. The lowest BCUT2D eigenvalue weighted by molar-refractivity contribution is 0.102. The van der Waals surface area contributed by atoms with Gasteiger partial charge in [0.05, 0.1) is 12.8 Å². The first kappa shape index (κ1) is 14.5. The zero-order valence-electron chi connectivity index (χ0n) is 11.6. The minimum absolute atomic E-state index is 0.114. The van der Waals surface area contributed by atoms with Gasteiger partial charge in [0.2, 0.25) is 0 Å². The lowest BCUT2D eigenvalue weighted by Gasteiger charge is -2.10. The van der Waals surface area contributed by atoms with Gasteiger partial charge >= 0.3 is 0 Å². The summed E-state index contributed by atoms with van der Waals surface area (Å²) in [5.74, 6) is 1.59. The van der Waals surface area contributed by atoms with E-state index in [1.807, 2.05) is 24.3 Å². The molecule has 0 aliphatic heterocycles. The number of carbonyl (C=O) groups excluding carboxylic acids is 1. The highest BCUT2D eigenvalue weighted by Crippen LogP contribution is 2.27. The summed E-state index contributed by atoms with van der Waals surface area (Å²) in [5, 5.41) is 2.95. The van der Waals surface area contributed by atoms with E-state index in [4.69, 9.17) is 4.74 Å². The summed E-state index contributed by atoms with van der Waals surface area (Å²) in [5.41, 5.74) is 1.46. The number of methoxy groups -OCH3 is 1. The molecule has 0 atom stereocenters. The first-order chi connectivity index (χ1) is 9.74. The van der Waals surface area contributed by atoms with Crippen LogP contribution in [0.25, 0.3) is 0 Å². The second kappa shape index (κ2) is 7.01. The number of hydrogen-bond donors (Lipinski definition) is 1. The van der Waals surface area contributed by atoms with E-state index in [0.717, 1.165) is 22.1 Å². The number of para-hydroxylation sites is 1. The number of anilines is 1. The van der Waals surface area contributed by atoms with Crippen LogP contribution in [0, 0.1) is 0 Å². The number of hydrogen-bond acceptors (Lipinski definition) is 3. The molecule has 0 saturated heterocycles. The van der Waals surface area contributed by atoms with Crippen LogP contribution in [0.3, 0.4) is 0 Å². The van der Waals surface area contributed by atoms with Crippen LogP contribution in [-0.4, -0.2) is 18.8 Å². The lowest BCUT2D eigenvalue weighted by atomic mass is 10.2. The van der Waals surface area contributed by atoms with E-state index in [9.17, 15) is 4.79 Å². The average Bonchev–Trinajstić information content (AvgIpc) is 2.49. The maximum Gasteiger partial charge on any atom is 0.255 e. The molecule has 4 heteroatoms. The van der Waals surface area contributed by atoms with Gasteiger partial charge in [-0.1, -0.05) is 19.1 Å². The molecule has 0 radical (unpaired) electrons. The molecule has 20 heavy (non-hydrogen) atoms. The summed E-state index contributed by atoms with van der Waals surface area (Å²) in [6.45, 7) is 2.09. The smallest absolute Gasteiger partial charge is 0.255 e. The maximum absolute atomic E-state index is 12.2. The van der Waals surface area contributed by atoms with Crippen LogP contribution in [0.4, 0.5) is 5.69 Å². The van der Waals surface area contributed by atoms with Crippen LogP contribution >= 0.6 is 11.8 Å². The van der Waals surface area contributed by atoms with Gasteiger partial charge in [0.1, 0.15) is 5.75 Å². The molecule has 0 saturated carbocycles. The summed E-state index contributed by atoms with van der Waals surface area (Å²) < 4.78 is 5.08. The fraction of sp³-hybridized carbons (Fsp3) is 0.188. The van der Waals surface area contributed by atoms with E-state index < -0.39 is 0 Å². The van der Waals surface area contributed by atoms with E-state index in [-0.39, 0.29) is 5.91 Å². The molecule has 2 aromatic rings. The number of benzene rings is 2. The van der Waals surface area contributed by atoms with Crippen LogP contribution in [-0.2, 0) is 0 Å². The molecule has 0 aromatic heterocycles. The third-order valence-corrected chi connectivity index (χ3v) is 3.74. The van der Waals surface area contributed by atoms with Crippen molar-refractivity contribution < 1.29 is 9.53 Å². The van der Waals surface area contributed by atoms with Gasteiger partial charge in [0.15, 0.2) is 0 Å². The van der Waals surface area contributed by atoms with E-state index in [0.29, 0.717) is 5.56 Å². The summed E-state index contributed by atoms with van der Waals surface area (Å²) in [6.07, 6.45) is 0. The first-order valence-electron chi connectivity index (χ1n) is 6.42. The Kier molecular flexibility index (Phi) is 5.07. The monoisotopic (exact) mass is 287 g/mol. The van der Waals surface area contributed by atoms with Gasteiger partial charge in [-0.3, -0.25) is 4.79 Å². The summed E-state index contributed by atoms with van der Waals surface area (Å²) >= 11 is 1.71. The van der Waals surface area contributed by atoms with Crippen molar-refractivity contribution in [3.05, 3.63) is 54.1 Å². The zero-order chi connectivity index (χ0) is 14.4.